The van der Waals surface area contributed by atoms with Crippen molar-refractivity contribution < 1.29 is 70.0 Å². The number of carboxylic acid groups (broad SMARTS) is 1. The molecule has 0 spiro atoms. The van der Waals surface area contributed by atoms with Crippen molar-refractivity contribution in [2.75, 3.05) is 29.5 Å². The molecule has 0 saturated carbocycles. The van der Waals surface area contributed by atoms with Crippen LogP contribution in [0.4, 0.5) is 11.4 Å². The topological polar surface area (TPSA) is 158 Å². The third-order valence-corrected chi connectivity index (χ3v) is 10.6. The monoisotopic (exact) mass is 680 g/mol. The molecule has 0 radical (unpaired) electrons. The molecule has 244 valence electrons. The molecule has 2 aliphatic heterocycles. The second-order valence-electron chi connectivity index (χ2n) is 12.1. The van der Waals surface area contributed by atoms with Gasteiger partial charge in [-0.25, -0.2) is 8.42 Å². The fourth-order valence-electron chi connectivity index (χ4n) is 6.96. The molecule has 0 fully saturated rings. The molecule has 2 heterocycles. The number of hydrogen-bond acceptors (Lipinski definition) is 8. The van der Waals surface area contributed by atoms with Gasteiger partial charge in [-0.1, -0.05) is 42.5 Å². The second kappa shape index (κ2) is 15.3. The zero-order chi connectivity index (χ0) is 33.0. The summed E-state index contributed by atoms with van der Waals surface area (Å²) in [5, 5.41) is 11.2. The van der Waals surface area contributed by atoms with E-state index in [0.29, 0.717) is 25.8 Å². The Morgan fingerprint density at radius 2 is 1.57 bits per heavy atom. The number of hydrogen-bond donors (Lipinski definition) is 1. The molecule has 1 N–H and O–H groups in total. The Morgan fingerprint density at radius 1 is 0.935 bits per heavy atom. The van der Waals surface area contributed by atoms with Crippen molar-refractivity contribution in [2.45, 2.75) is 70.1 Å². The summed E-state index contributed by atoms with van der Waals surface area (Å²) in [4.78, 5) is 13.5. The fraction of sp³-hybridized carbons (Fsp3) is 0.455. The smallest absolute Gasteiger partial charge is 0.748 e. The molecule has 0 amide bonds. The van der Waals surface area contributed by atoms with Gasteiger partial charge in [-0.15, -0.1) is 0 Å². The van der Waals surface area contributed by atoms with E-state index in [-0.39, 0.29) is 55.4 Å². The van der Waals surface area contributed by atoms with Crippen LogP contribution in [0.25, 0.3) is 0 Å². The molecule has 0 saturated heterocycles. The number of benzene rings is 2. The largest absolute Gasteiger partial charge is 1.00 e. The summed E-state index contributed by atoms with van der Waals surface area (Å²) < 4.78 is 68.8. The number of carbonyl (C=O) groups is 1. The van der Waals surface area contributed by atoms with Gasteiger partial charge in [-0.2, -0.15) is 13.0 Å². The minimum absolute atomic E-state index is 0. The third-order valence-electron chi connectivity index (χ3n) is 9.03. The zero-order valence-corrected chi connectivity index (χ0v) is 30.6. The van der Waals surface area contributed by atoms with Gasteiger partial charge in [0.1, 0.15) is 6.54 Å². The van der Waals surface area contributed by atoms with Crippen molar-refractivity contribution in [3.8, 4) is 0 Å². The summed E-state index contributed by atoms with van der Waals surface area (Å²) >= 11 is 0. The molecule has 2 atom stereocenters. The van der Waals surface area contributed by atoms with Gasteiger partial charge in [-0.05, 0) is 70.6 Å². The summed E-state index contributed by atoms with van der Waals surface area (Å²) in [5.74, 6) is -1.99. The van der Waals surface area contributed by atoms with Gasteiger partial charge in [-0.3, -0.25) is 4.55 Å². The van der Waals surface area contributed by atoms with Crippen LogP contribution in [0.1, 0.15) is 70.4 Å². The number of carboxylic acids is 1. The van der Waals surface area contributed by atoms with E-state index in [1.165, 1.54) is 0 Å². The minimum Gasteiger partial charge on any atom is -0.748 e. The first-order chi connectivity index (χ1) is 21.1. The number of rotatable bonds is 15. The molecule has 2 aliphatic rings. The summed E-state index contributed by atoms with van der Waals surface area (Å²) in [6, 6.07) is 15.7. The van der Waals surface area contributed by atoms with Crippen molar-refractivity contribution >= 4 is 43.3 Å². The molecule has 46 heavy (non-hydrogen) atoms. The van der Waals surface area contributed by atoms with E-state index in [4.69, 9.17) is 0 Å². The molecule has 0 aromatic heterocycles. The van der Waals surface area contributed by atoms with E-state index in [1.54, 1.807) is 0 Å². The molecule has 0 bridgehead atoms. The van der Waals surface area contributed by atoms with E-state index < -0.39 is 48.5 Å². The number of anilines is 1. The van der Waals surface area contributed by atoms with Gasteiger partial charge in [0, 0.05) is 59.2 Å². The van der Waals surface area contributed by atoms with Crippen molar-refractivity contribution in [3.63, 3.8) is 0 Å². The average molecular weight is 681 g/mol. The summed E-state index contributed by atoms with van der Waals surface area (Å²) in [6.07, 6.45) is 7.60. The zero-order valence-electron chi connectivity index (χ0n) is 26.9. The number of carbonyl (C=O) groups excluding carboxylic acids is 1. The normalized spacial score (nSPS) is 21.9. The SMILES string of the molecule is CCN1/C(=C/C=C/C2=[N+](CCCS(=O)(=O)[O-])c3ccccc3C2(C)CCCS(=O)(=O)O)C(C)(CCCC(=O)[O-])c2ccccc21.[Na+]. The van der Waals surface area contributed by atoms with Crippen LogP contribution in [0, 0.1) is 0 Å². The van der Waals surface area contributed by atoms with Crippen LogP contribution in [0.5, 0.6) is 0 Å². The number of aliphatic carboxylic acids is 1. The Bertz CT molecular complexity index is 1750. The van der Waals surface area contributed by atoms with E-state index in [9.17, 15) is 35.8 Å². The number of allylic oxidation sites excluding steroid dienone is 4. The van der Waals surface area contributed by atoms with Gasteiger partial charge in [0.05, 0.1) is 21.3 Å². The van der Waals surface area contributed by atoms with E-state index in [1.807, 2.05) is 66.1 Å². The minimum atomic E-state index is -4.41. The Labute approximate surface area is 294 Å². The van der Waals surface area contributed by atoms with Crippen LogP contribution in [-0.4, -0.2) is 66.8 Å². The first-order valence-corrected chi connectivity index (χ1v) is 18.4. The van der Waals surface area contributed by atoms with Crippen molar-refractivity contribution in [3.05, 3.63) is 83.6 Å². The number of likely N-dealkylation sites (N-methyl/N-ethyl adjacent to an activating group) is 1. The fourth-order valence-corrected chi connectivity index (χ4v) is 7.95. The summed E-state index contributed by atoms with van der Waals surface area (Å²) in [6.45, 7) is 7.13. The van der Waals surface area contributed by atoms with Gasteiger partial charge in [0.2, 0.25) is 5.69 Å². The van der Waals surface area contributed by atoms with Gasteiger partial charge in [0.15, 0.2) is 5.71 Å². The molecule has 2 unspecified atom stereocenters. The maximum atomic E-state index is 11.6. The van der Waals surface area contributed by atoms with Gasteiger partial charge >= 0.3 is 29.6 Å². The number of para-hydroxylation sites is 2. The Kier molecular flexibility index (Phi) is 12.7. The maximum absolute atomic E-state index is 11.6. The van der Waals surface area contributed by atoms with Gasteiger partial charge < -0.3 is 19.4 Å². The van der Waals surface area contributed by atoms with Crippen molar-refractivity contribution in [1.82, 2.24) is 0 Å². The summed E-state index contributed by atoms with van der Waals surface area (Å²) in [5.41, 5.74) is 4.65. The van der Waals surface area contributed by atoms with Crippen LogP contribution in [-0.2, 0) is 35.9 Å². The predicted octanol–water partition coefficient (Wildman–Crippen LogP) is 0.808. The molecule has 4 rings (SSSR count). The number of fused-ring (bicyclic) bond motifs is 2. The quantitative estimate of drug-likeness (QED) is 0.163. The molecule has 2 aromatic rings. The van der Waals surface area contributed by atoms with Crippen molar-refractivity contribution in [2.24, 2.45) is 0 Å². The molecular weight excluding hydrogens is 639 g/mol. The van der Waals surface area contributed by atoms with Crippen LogP contribution in [0.15, 0.2) is 72.5 Å². The van der Waals surface area contributed by atoms with Crippen LogP contribution in [0.2, 0.25) is 0 Å². The Balaban J connectivity index is 0.00000576. The van der Waals surface area contributed by atoms with Gasteiger partial charge in [0.25, 0.3) is 10.1 Å². The number of nitrogens with zero attached hydrogens (tertiary/aromatic N) is 2. The second-order valence-corrected chi connectivity index (χ2v) is 15.2. The van der Waals surface area contributed by atoms with Crippen LogP contribution in [0.3, 0.4) is 0 Å². The Morgan fingerprint density at radius 3 is 2.20 bits per heavy atom. The average Bonchev–Trinajstić information content (AvgIpc) is 3.33. The van der Waals surface area contributed by atoms with E-state index >= 15 is 0 Å². The Hall–Kier alpha value is -2.32. The van der Waals surface area contributed by atoms with Crippen LogP contribution < -0.4 is 39.6 Å². The molecule has 13 heteroatoms. The first kappa shape index (κ1) is 38.1. The summed E-state index contributed by atoms with van der Waals surface area (Å²) in [7, 11) is -8.58. The standard InChI is InChI=1S/C33H42N2O8S2.Na/c1-4-34-27-15-7-5-13-25(27)32(2,20-10-19-31(36)37)29(34)17-9-18-30-33(3,21-11-23-44(38,39)40)26-14-6-8-16-28(26)35(30)22-12-24-45(41,42)43;/h5-9,13-18H,4,10-12,19-24H2,1-3H3,(H2-,36,37,38,39,40,41,42,43);/q;+1/p-1. The molecule has 10 nitrogen and oxygen atoms in total. The third kappa shape index (κ3) is 8.58. The van der Waals surface area contributed by atoms with E-state index in [2.05, 4.69) is 30.9 Å². The van der Waals surface area contributed by atoms with Crippen molar-refractivity contribution in [1.29, 1.82) is 0 Å². The van der Waals surface area contributed by atoms with E-state index in [0.717, 1.165) is 33.9 Å². The first-order valence-electron chi connectivity index (χ1n) is 15.2. The molecule has 0 aliphatic carbocycles. The molecule has 2 aromatic carbocycles. The molecular formula is C33H41N2NaO8S2. The van der Waals surface area contributed by atoms with Crippen LogP contribution >= 0.6 is 0 Å². The predicted molar refractivity (Wildman–Crippen MR) is 171 cm³/mol. The maximum Gasteiger partial charge on any atom is 1.00 e.